The summed E-state index contributed by atoms with van der Waals surface area (Å²) >= 11 is 6.13. The molecular formula is C23H24ClFN6O. The molecule has 0 aliphatic carbocycles. The zero-order valence-corrected chi connectivity index (χ0v) is 18.9. The molecule has 1 N–H and O–H groups in total. The number of rotatable bonds is 3. The molecule has 1 unspecified atom stereocenters. The molecule has 9 heteroatoms. The SMILES string of the molecule is Cc1ccccc1N/C(=N/C#N)N1CCN(c2nc3cc(F)cc(Cl)c3o2)CC1C(C)C. The van der Waals surface area contributed by atoms with Gasteiger partial charge in [0, 0.05) is 31.4 Å². The van der Waals surface area contributed by atoms with Gasteiger partial charge < -0.3 is 19.5 Å². The van der Waals surface area contributed by atoms with Gasteiger partial charge in [-0.15, -0.1) is 4.99 Å². The van der Waals surface area contributed by atoms with Crippen molar-refractivity contribution in [2.75, 3.05) is 29.9 Å². The lowest BCUT2D eigenvalue weighted by molar-refractivity contribution is 0.220. The molecule has 2 aromatic carbocycles. The van der Waals surface area contributed by atoms with Crippen LogP contribution in [0.15, 0.2) is 45.8 Å². The Bertz CT molecular complexity index is 1200. The fourth-order valence-corrected chi connectivity index (χ4v) is 4.19. The van der Waals surface area contributed by atoms with Crippen LogP contribution in [-0.4, -0.2) is 41.5 Å². The number of guanidine groups is 1. The van der Waals surface area contributed by atoms with Crippen molar-refractivity contribution < 1.29 is 8.81 Å². The van der Waals surface area contributed by atoms with Gasteiger partial charge in [-0.2, -0.15) is 10.2 Å². The van der Waals surface area contributed by atoms with Crippen LogP contribution < -0.4 is 10.2 Å². The number of aliphatic imine (C=N–C) groups is 1. The fraction of sp³-hybridized carbons (Fsp3) is 0.348. The number of fused-ring (bicyclic) bond motifs is 1. The molecule has 166 valence electrons. The van der Waals surface area contributed by atoms with Gasteiger partial charge in [0.05, 0.1) is 11.1 Å². The van der Waals surface area contributed by atoms with Crippen LogP contribution in [0.1, 0.15) is 19.4 Å². The summed E-state index contributed by atoms with van der Waals surface area (Å²) in [6, 6.07) is 10.9. The quantitative estimate of drug-likeness (QED) is 0.340. The molecule has 3 aromatic rings. The minimum Gasteiger partial charge on any atom is -0.422 e. The Hall–Kier alpha value is -3.31. The molecule has 1 aromatic heterocycles. The normalized spacial score (nSPS) is 17.2. The van der Waals surface area contributed by atoms with Gasteiger partial charge in [0.15, 0.2) is 5.58 Å². The van der Waals surface area contributed by atoms with Crippen molar-refractivity contribution in [3.63, 3.8) is 0 Å². The smallest absolute Gasteiger partial charge is 0.298 e. The van der Waals surface area contributed by atoms with Gasteiger partial charge in [-0.25, -0.2) is 4.39 Å². The maximum absolute atomic E-state index is 13.7. The van der Waals surface area contributed by atoms with Crippen molar-refractivity contribution in [2.45, 2.75) is 26.8 Å². The Kier molecular flexibility index (Phi) is 6.19. The zero-order chi connectivity index (χ0) is 22.8. The highest BCUT2D eigenvalue weighted by atomic mass is 35.5. The number of aryl methyl sites for hydroxylation is 1. The molecule has 0 amide bonds. The van der Waals surface area contributed by atoms with Gasteiger partial charge in [-0.05, 0) is 30.5 Å². The van der Waals surface area contributed by atoms with Gasteiger partial charge >= 0.3 is 0 Å². The Morgan fingerprint density at radius 3 is 2.84 bits per heavy atom. The molecule has 0 bridgehead atoms. The third kappa shape index (κ3) is 4.34. The first kappa shape index (κ1) is 21.9. The number of para-hydroxylation sites is 1. The average Bonchev–Trinajstić information content (AvgIpc) is 3.19. The van der Waals surface area contributed by atoms with E-state index in [1.54, 1.807) is 0 Å². The van der Waals surface area contributed by atoms with Crippen molar-refractivity contribution in [2.24, 2.45) is 10.9 Å². The summed E-state index contributed by atoms with van der Waals surface area (Å²) in [5.74, 6) is 0.320. The van der Waals surface area contributed by atoms with Crippen molar-refractivity contribution in [1.82, 2.24) is 9.88 Å². The number of hydrogen-bond acceptors (Lipinski definition) is 5. The van der Waals surface area contributed by atoms with Crippen LogP contribution in [0.5, 0.6) is 0 Å². The lowest BCUT2D eigenvalue weighted by Gasteiger charge is -2.44. The van der Waals surface area contributed by atoms with Crippen molar-refractivity contribution in [3.8, 4) is 6.19 Å². The first-order valence-electron chi connectivity index (χ1n) is 10.4. The van der Waals surface area contributed by atoms with Crippen LogP contribution in [0.4, 0.5) is 16.1 Å². The highest BCUT2D eigenvalue weighted by Gasteiger charge is 2.33. The summed E-state index contributed by atoms with van der Waals surface area (Å²) in [5.41, 5.74) is 2.73. The molecule has 1 aliphatic heterocycles. The standard InChI is InChI=1S/C23H24ClFN6O/c1-14(2)20-12-30(23-29-19-11-16(25)10-17(24)21(19)32-23)8-9-31(20)22(27-13-26)28-18-7-5-4-6-15(18)3/h4-7,10-11,14,20H,8-9,12H2,1-3H3,(H,27,28). The Morgan fingerprint density at radius 1 is 1.34 bits per heavy atom. The summed E-state index contributed by atoms with van der Waals surface area (Å²) in [6.07, 6.45) is 1.93. The number of nitrogens with one attached hydrogen (secondary N) is 1. The van der Waals surface area contributed by atoms with E-state index in [2.05, 4.69) is 34.0 Å². The number of nitrogens with zero attached hydrogens (tertiary/aromatic N) is 5. The summed E-state index contributed by atoms with van der Waals surface area (Å²) in [6.45, 7) is 8.05. The molecule has 32 heavy (non-hydrogen) atoms. The highest BCUT2D eigenvalue weighted by molar-refractivity contribution is 6.34. The lowest BCUT2D eigenvalue weighted by atomic mass is 10.00. The number of piperazine rings is 1. The fourth-order valence-electron chi connectivity index (χ4n) is 3.95. The van der Waals surface area contributed by atoms with Crippen LogP contribution in [0, 0.1) is 30.1 Å². The Labute approximate surface area is 191 Å². The number of hydrogen-bond donors (Lipinski definition) is 1. The molecule has 1 aliphatic rings. The second kappa shape index (κ2) is 9.05. The molecular weight excluding hydrogens is 431 g/mol. The van der Waals surface area contributed by atoms with E-state index in [1.165, 1.54) is 12.1 Å². The molecule has 0 saturated carbocycles. The lowest BCUT2D eigenvalue weighted by Crippen LogP contribution is -2.58. The van der Waals surface area contributed by atoms with Gasteiger partial charge in [0.25, 0.3) is 6.01 Å². The van der Waals surface area contributed by atoms with Crippen LogP contribution in [0.2, 0.25) is 5.02 Å². The maximum atomic E-state index is 13.7. The molecule has 7 nitrogen and oxygen atoms in total. The Morgan fingerprint density at radius 2 is 2.12 bits per heavy atom. The largest absolute Gasteiger partial charge is 0.422 e. The second-order valence-corrected chi connectivity index (χ2v) is 8.57. The van der Waals surface area contributed by atoms with Gasteiger partial charge in [-0.3, -0.25) is 0 Å². The molecule has 0 radical (unpaired) electrons. The van der Waals surface area contributed by atoms with E-state index in [9.17, 15) is 9.65 Å². The van der Waals surface area contributed by atoms with E-state index < -0.39 is 5.82 Å². The number of benzene rings is 2. The van der Waals surface area contributed by atoms with Crippen molar-refractivity contribution >= 4 is 40.4 Å². The average molecular weight is 455 g/mol. The van der Waals surface area contributed by atoms with Crippen LogP contribution >= 0.6 is 11.6 Å². The van der Waals surface area contributed by atoms with Gasteiger partial charge in [0.1, 0.15) is 11.3 Å². The van der Waals surface area contributed by atoms with E-state index in [4.69, 9.17) is 16.0 Å². The molecule has 1 fully saturated rings. The minimum atomic E-state index is -0.452. The summed E-state index contributed by atoms with van der Waals surface area (Å²) in [4.78, 5) is 12.7. The number of anilines is 2. The van der Waals surface area contributed by atoms with E-state index in [0.717, 1.165) is 11.3 Å². The third-order valence-corrected chi connectivity index (χ3v) is 5.96. The second-order valence-electron chi connectivity index (χ2n) is 8.16. The number of aromatic nitrogens is 1. The van der Waals surface area contributed by atoms with Gasteiger partial charge in [-0.1, -0.05) is 43.6 Å². The van der Waals surface area contributed by atoms with E-state index in [0.29, 0.717) is 42.7 Å². The van der Waals surface area contributed by atoms with Crippen LogP contribution in [-0.2, 0) is 0 Å². The molecule has 2 heterocycles. The highest BCUT2D eigenvalue weighted by Crippen LogP contribution is 2.31. The monoisotopic (exact) mass is 454 g/mol. The first-order valence-corrected chi connectivity index (χ1v) is 10.8. The third-order valence-electron chi connectivity index (χ3n) is 5.68. The number of oxazole rings is 1. The Balaban J connectivity index is 1.60. The molecule has 0 spiro atoms. The van der Waals surface area contributed by atoms with E-state index in [1.807, 2.05) is 42.3 Å². The van der Waals surface area contributed by atoms with Crippen molar-refractivity contribution in [3.05, 3.63) is 52.8 Å². The molecule has 4 rings (SSSR count). The van der Waals surface area contributed by atoms with Crippen LogP contribution in [0.25, 0.3) is 11.1 Å². The predicted octanol–water partition coefficient (Wildman–Crippen LogP) is 5.02. The van der Waals surface area contributed by atoms with E-state index >= 15 is 0 Å². The molecule has 1 atom stereocenters. The minimum absolute atomic E-state index is 0.0367. The molecule has 1 saturated heterocycles. The summed E-state index contributed by atoms with van der Waals surface area (Å²) < 4.78 is 19.6. The van der Waals surface area contributed by atoms with Crippen molar-refractivity contribution in [1.29, 1.82) is 5.26 Å². The number of halogens is 2. The summed E-state index contributed by atoms with van der Waals surface area (Å²) in [7, 11) is 0. The summed E-state index contributed by atoms with van der Waals surface area (Å²) in [5, 5.41) is 12.8. The topological polar surface area (TPSA) is 80.7 Å². The van der Waals surface area contributed by atoms with Gasteiger partial charge in [0.2, 0.25) is 12.2 Å². The zero-order valence-electron chi connectivity index (χ0n) is 18.1. The maximum Gasteiger partial charge on any atom is 0.298 e. The number of nitriles is 1. The first-order chi connectivity index (χ1) is 15.4. The van der Waals surface area contributed by atoms with E-state index in [-0.39, 0.29) is 17.0 Å². The predicted molar refractivity (Wildman–Crippen MR) is 124 cm³/mol. The van der Waals surface area contributed by atoms with Crippen LogP contribution in [0.3, 0.4) is 0 Å².